The number of amides is 2. The number of hydrogen-bond donors (Lipinski definition) is 3. The molecule has 158 valence electrons. The number of carbonyl (C=O) groups excluding carboxylic acids is 2. The Hall–Kier alpha value is -2.52. The lowest BCUT2D eigenvalue weighted by atomic mass is 9.88. The summed E-state index contributed by atoms with van der Waals surface area (Å²) in [5, 5.41) is 17.2. The summed E-state index contributed by atoms with van der Waals surface area (Å²) in [4.78, 5) is 25.0. The average Bonchev–Trinajstić information content (AvgIpc) is 3.17. The number of hydrogen-bond acceptors (Lipinski definition) is 6. The summed E-state index contributed by atoms with van der Waals surface area (Å²) in [6.45, 7) is 8.06. The normalized spacial score (nSPS) is 13.6. The van der Waals surface area contributed by atoms with E-state index in [1.807, 2.05) is 27.7 Å². The van der Waals surface area contributed by atoms with E-state index in [0.717, 1.165) is 5.56 Å². The van der Waals surface area contributed by atoms with Gasteiger partial charge in [-0.1, -0.05) is 39.3 Å². The maximum absolute atomic E-state index is 12.6. The number of nitrogens with zero attached hydrogens (tertiary/aromatic N) is 4. The molecule has 1 aromatic carbocycles. The number of aromatic nitrogens is 4. The van der Waals surface area contributed by atoms with Crippen LogP contribution in [0.5, 0.6) is 0 Å². The average molecular weight is 422 g/mol. The minimum Gasteiger partial charge on any atom is -0.350 e. The molecule has 2 amide bonds. The van der Waals surface area contributed by atoms with Crippen LogP contribution in [-0.4, -0.2) is 44.1 Å². The predicted octanol–water partition coefficient (Wildman–Crippen LogP) is 1.59. The van der Waals surface area contributed by atoms with Crippen LogP contribution >= 0.6 is 11.6 Å². The monoisotopic (exact) mass is 421 g/mol. The summed E-state index contributed by atoms with van der Waals surface area (Å²) in [6.07, 6.45) is 2.42. The van der Waals surface area contributed by atoms with Crippen molar-refractivity contribution in [3.8, 4) is 5.69 Å². The first-order chi connectivity index (χ1) is 13.6. The third-order valence-electron chi connectivity index (χ3n) is 4.30. The van der Waals surface area contributed by atoms with Gasteiger partial charge in [-0.15, -0.1) is 5.10 Å². The van der Waals surface area contributed by atoms with Gasteiger partial charge in [0.2, 0.25) is 11.8 Å². The second-order valence-electron chi connectivity index (χ2n) is 8.09. The van der Waals surface area contributed by atoms with Gasteiger partial charge in [0.25, 0.3) is 0 Å². The number of rotatable bonds is 8. The second-order valence-corrected chi connectivity index (χ2v) is 8.52. The maximum atomic E-state index is 12.6. The highest BCUT2D eigenvalue weighted by molar-refractivity contribution is 6.30. The molecule has 4 N–H and O–H groups in total. The van der Waals surface area contributed by atoms with Crippen molar-refractivity contribution in [2.45, 2.75) is 59.2 Å². The van der Waals surface area contributed by atoms with Gasteiger partial charge in [-0.3, -0.25) is 9.59 Å². The fourth-order valence-electron chi connectivity index (χ4n) is 2.88. The van der Waals surface area contributed by atoms with Gasteiger partial charge in [0, 0.05) is 11.6 Å². The van der Waals surface area contributed by atoms with E-state index in [4.69, 9.17) is 17.3 Å². The van der Waals surface area contributed by atoms with E-state index in [2.05, 4.69) is 26.2 Å². The Morgan fingerprint density at radius 1 is 1.28 bits per heavy atom. The molecule has 0 bridgehead atoms. The molecule has 2 atom stereocenters. The van der Waals surface area contributed by atoms with Crippen LogP contribution in [0.3, 0.4) is 0 Å². The first kappa shape index (κ1) is 22.8. The summed E-state index contributed by atoms with van der Waals surface area (Å²) in [7, 11) is 0. The van der Waals surface area contributed by atoms with Crippen LogP contribution in [0, 0.1) is 5.41 Å². The van der Waals surface area contributed by atoms with Gasteiger partial charge < -0.3 is 16.4 Å². The van der Waals surface area contributed by atoms with Crippen LogP contribution in [0.15, 0.2) is 24.5 Å². The van der Waals surface area contributed by atoms with Crippen molar-refractivity contribution in [3.63, 3.8) is 0 Å². The van der Waals surface area contributed by atoms with Gasteiger partial charge in [0.05, 0.1) is 11.7 Å². The molecular weight excluding hydrogens is 394 g/mol. The lowest BCUT2D eigenvalue weighted by Crippen LogP contribution is -2.51. The summed E-state index contributed by atoms with van der Waals surface area (Å²) < 4.78 is 1.49. The van der Waals surface area contributed by atoms with Crippen molar-refractivity contribution in [1.29, 1.82) is 0 Å². The van der Waals surface area contributed by atoms with E-state index in [0.29, 0.717) is 23.6 Å². The topological polar surface area (TPSA) is 128 Å². The lowest BCUT2D eigenvalue weighted by molar-refractivity contribution is -0.130. The second kappa shape index (κ2) is 9.80. The summed E-state index contributed by atoms with van der Waals surface area (Å²) in [5.74, 6) is -0.634. The van der Waals surface area contributed by atoms with Crippen molar-refractivity contribution in [1.82, 2.24) is 30.8 Å². The zero-order valence-corrected chi connectivity index (χ0v) is 17.9. The lowest BCUT2D eigenvalue weighted by Gasteiger charge is -2.24. The highest BCUT2D eigenvalue weighted by Gasteiger charge is 2.25. The number of carbonyl (C=O) groups is 2. The molecule has 0 saturated carbocycles. The van der Waals surface area contributed by atoms with Crippen molar-refractivity contribution in [2.24, 2.45) is 11.1 Å². The van der Waals surface area contributed by atoms with Crippen LogP contribution in [0.25, 0.3) is 5.69 Å². The minimum absolute atomic E-state index is 0.0834. The van der Waals surface area contributed by atoms with Crippen LogP contribution < -0.4 is 16.4 Å². The number of benzene rings is 1. The summed E-state index contributed by atoms with van der Waals surface area (Å²) in [5.41, 5.74) is 7.34. The molecule has 0 aliphatic rings. The van der Waals surface area contributed by atoms with E-state index in [1.165, 1.54) is 11.0 Å². The SMILES string of the molecule is CCC(NC(=O)C(N)CC(C)(C)C)C(=O)NCc1cc(Cl)ccc1-n1cnnn1. The van der Waals surface area contributed by atoms with Gasteiger partial charge in [0.1, 0.15) is 12.4 Å². The van der Waals surface area contributed by atoms with Crippen molar-refractivity contribution in [3.05, 3.63) is 35.1 Å². The van der Waals surface area contributed by atoms with Gasteiger partial charge in [-0.2, -0.15) is 0 Å². The molecule has 10 heteroatoms. The van der Waals surface area contributed by atoms with Crippen molar-refractivity contribution >= 4 is 23.4 Å². The number of nitrogens with one attached hydrogen (secondary N) is 2. The van der Waals surface area contributed by atoms with Gasteiger partial charge in [0.15, 0.2) is 0 Å². The largest absolute Gasteiger partial charge is 0.350 e. The van der Waals surface area contributed by atoms with E-state index in [-0.39, 0.29) is 23.8 Å². The van der Waals surface area contributed by atoms with Crippen LogP contribution in [0.2, 0.25) is 5.02 Å². The Morgan fingerprint density at radius 3 is 2.59 bits per heavy atom. The van der Waals surface area contributed by atoms with Crippen LogP contribution in [-0.2, 0) is 16.1 Å². The highest BCUT2D eigenvalue weighted by Crippen LogP contribution is 2.20. The summed E-state index contributed by atoms with van der Waals surface area (Å²) in [6, 6.07) is 3.87. The van der Waals surface area contributed by atoms with Crippen molar-refractivity contribution < 1.29 is 9.59 Å². The van der Waals surface area contributed by atoms with Crippen LogP contribution in [0.4, 0.5) is 0 Å². The Balaban J connectivity index is 2.02. The molecule has 2 unspecified atom stereocenters. The minimum atomic E-state index is -0.677. The Kier molecular flexibility index (Phi) is 7.69. The molecule has 2 aromatic rings. The number of tetrazole rings is 1. The van der Waals surface area contributed by atoms with Gasteiger partial charge in [-0.25, -0.2) is 4.68 Å². The standard InChI is InChI=1S/C19H28ClN7O2/c1-5-15(24-17(28)14(21)9-19(2,3)4)18(29)22-10-12-8-13(20)6-7-16(12)27-11-23-25-26-27/h6-8,11,14-15H,5,9-10,21H2,1-4H3,(H,22,29)(H,24,28). The third kappa shape index (κ3) is 6.79. The first-order valence-corrected chi connectivity index (χ1v) is 9.84. The summed E-state index contributed by atoms with van der Waals surface area (Å²) >= 11 is 6.10. The molecule has 9 nitrogen and oxygen atoms in total. The van der Waals surface area contributed by atoms with E-state index in [1.54, 1.807) is 18.2 Å². The molecule has 1 aromatic heterocycles. The quantitative estimate of drug-likeness (QED) is 0.593. The molecule has 0 fully saturated rings. The van der Waals surface area contributed by atoms with Crippen LogP contribution in [0.1, 0.15) is 46.1 Å². The molecule has 0 radical (unpaired) electrons. The fraction of sp³-hybridized carbons (Fsp3) is 0.526. The zero-order valence-electron chi connectivity index (χ0n) is 17.1. The molecule has 0 aliphatic heterocycles. The molecule has 2 rings (SSSR count). The highest BCUT2D eigenvalue weighted by atomic mass is 35.5. The Bertz CT molecular complexity index is 834. The first-order valence-electron chi connectivity index (χ1n) is 9.46. The van der Waals surface area contributed by atoms with Crippen molar-refractivity contribution in [2.75, 3.05) is 0 Å². The molecule has 0 aliphatic carbocycles. The third-order valence-corrected chi connectivity index (χ3v) is 4.54. The van der Waals surface area contributed by atoms with E-state index in [9.17, 15) is 9.59 Å². The molecule has 1 heterocycles. The van der Waals surface area contributed by atoms with Gasteiger partial charge >= 0.3 is 0 Å². The van der Waals surface area contributed by atoms with E-state index < -0.39 is 12.1 Å². The molecule has 0 spiro atoms. The Labute approximate surface area is 175 Å². The zero-order chi connectivity index (χ0) is 21.6. The molecular formula is C19H28ClN7O2. The Morgan fingerprint density at radius 2 is 2.00 bits per heavy atom. The van der Waals surface area contributed by atoms with E-state index >= 15 is 0 Å². The predicted molar refractivity (Wildman–Crippen MR) is 110 cm³/mol. The van der Waals surface area contributed by atoms with Gasteiger partial charge in [-0.05, 0) is 52.4 Å². The molecule has 29 heavy (non-hydrogen) atoms. The molecule has 0 saturated heterocycles. The maximum Gasteiger partial charge on any atom is 0.242 e. The smallest absolute Gasteiger partial charge is 0.242 e. The number of halogens is 1. The number of nitrogens with two attached hydrogens (primary N) is 1. The fourth-order valence-corrected chi connectivity index (χ4v) is 3.08.